The molecular weight excluding hydrogens is 350 g/mol. The zero-order chi connectivity index (χ0) is 17.9. The number of thiophene rings is 1. The molecule has 25 heavy (non-hydrogen) atoms. The van der Waals surface area contributed by atoms with Crippen molar-refractivity contribution in [3.8, 4) is 5.75 Å². The number of halogens is 2. The van der Waals surface area contributed by atoms with Crippen LogP contribution in [0, 0.1) is 0 Å². The first kappa shape index (κ1) is 17.0. The van der Waals surface area contributed by atoms with Crippen molar-refractivity contribution in [3.63, 3.8) is 0 Å². The third kappa shape index (κ3) is 4.59. The van der Waals surface area contributed by atoms with Gasteiger partial charge in [-0.2, -0.15) is 5.10 Å². The van der Waals surface area contributed by atoms with Crippen LogP contribution in [0.1, 0.15) is 20.9 Å². The van der Waals surface area contributed by atoms with E-state index < -0.39 is 12.2 Å². The molecule has 1 aromatic carbocycles. The fourth-order valence-corrected chi connectivity index (χ4v) is 2.68. The number of hydrogen-bond donors (Lipinski definition) is 1. The molecule has 2 aromatic heterocycles. The summed E-state index contributed by atoms with van der Waals surface area (Å²) in [6.07, 6.45) is 0.804. The number of carbonyl (C=O) groups excluding carboxylic acids is 1. The zero-order valence-electron chi connectivity index (χ0n) is 12.7. The third-order valence-electron chi connectivity index (χ3n) is 3.10. The Morgan fingerprint density at radius 2 is 2.08 bits per heavy atom. The number of hydrogen-bond acceptors (Lipinski definition) is 5. The van der Waals surface area contributed by atoms with Crippen LogP contribution in [0.5, 0.6) is 5.75 Å². The number of aliphatic hydroxyl groups is 1. The van der Waals surface area contributed by atoms with E-state index in [4.69, 9.17) is 5.11 Å². The molecule has 3 rings (SSSR count). The van der Waals surface area contributed by atoms with Crippen LogP contribution in [-0.4, -0.2) is 27.1 Å². The van der Waals surface area contributed by atoms with Gasteiger partial charge in [0.05, 0.1) is 5.69 Å². The average Bonchev–Trinajstić information content (AvgIpc) is 3.22. The van der Waals surface area contributed by atoms with E-state index in [1.54, 1.807) is 23.5 Å². The monoisotopic (exact) mass is 362 g/mol. The van der Waals surface area contributed by atoms with Gasteiger partial charge in [0, 0.05) is 16.6 Å². The molecule has 0 saturated carbocycles. The second kappa shape index (κ2) is 6.96. The Balaban J connectivity index is 1.76. The molecule has 0 amide bonds. The maximum atomic E-state index is 12.5. The number of benzene rings is 1. The van der Waals surface area contributed by atoms with Crippen LogP contribution in [-0.2, 0) is 0 Å². The fourth-order valence-electron chi connectivity index (χ4n) is 2.06. The van der Waals surface area contributed by atoms with Gasteiger partial charge >= 0.3 is 6.29 Å². The maximum absolute atomic E-state index is 12.5. The van der Waals surface area contributed by atoms with Crippen LogP contribution in [0.4, 0.5) is 8.78 Å². The van der Waals surface area contributed by atoms with Crippen molar-refractivity contribution in [3.05, 3.63) is 70.2 Å². The van der Waals surface area contributed by atoms with Crippen molar-refractivity contribution >= 4 is 29.4 Å². The topological polar surface area (TPSA) is 64.3 Å². The first-order valence-electron chi connectivity index (χ1n) is 7.12. The molecule has 1 N–H and O–H groups in total. The highest BCUT2D eigenvalue weighted by molar-refractivity contribution is 7.10. The highest BCUT2D eigenvalue weighted by Gasteiger charge is 2.27. The summed E-state index contributed by atoms with van der Waals surface area (Å²) in [7, 11) is 0. The summed E-state index contributed by atoms with van der Waals surface area (Å²) in [6, 6.07) is 10.7. The molecule has 0 aliphatic heterocycles. The van der Waals surface area contributed by atoms with E-state index in [1.165, 1.54) is 24.4 Å². The number of aromatic nitrogens is 2. The van der Waals surface area contributed by atoms with Gasteiger partial charge in [0.1, 0.15) is 5.75 Å². The fraction of sp³-hybridized carbons (Fsp3) is 0.0588. The van der Waals surface area contributed by atoms with Gasteiger partial charge in [-0.05, 0) is 47.9 Å². The average molecular weight is 362 g/mol. The molecular formula is C17H12F2N2O3S. The smallest absolute Gasteiger partial charge is 0.410 e. The summed E-state index contributed by atoms with van der Waals surface area (Å²) < 4.78 is 30.1. The predicted molar refractivity (Wildman–Crippen MR) is 89.4 cm³/mol. The van der Waals surface area contributed by atoms with Gasteiger partial charge in [-0.3, -0.25) is 4.79 Å². The molecule has 0 fully saturated rings. The Labute approximate surface area is 145 Å². The van der Waals surface area contributed by atoms with Gasteiger partial charge < -0.3 is 9.84 Å². The molecule has 128 valence electrons. The number of nitrogens with zero attached hydrogens (tertiary/aromatic N) is 2. The van der Waals surface area contributed by atoms with Crippen LogP contribution in [0.3, 0.4) is 0 Å². The SMILES string of the molecule is O=C(c1cccc(OC(O)(F)F)c1)n1ccc(/C=C/c2cccs2)n1. The van der Waals surface area contributed by atoms with Crippen molar-refractivity contribution in [2.75, 3.05) is 0 Å². The lowest BCUT2D eigenvalue weighted by Gasteiger charge is -2.11. The molecule has 0 aliphatic rings. The maximum Gasteiger partial charge on any atom is 0.532 e. The summed E-state index contributed by atoms with van der Waals surface area (Å²) in [6.45, 7) is 0. The molecule has 0 spiro atoms. The standard InChI is InChI=1S/C17H12F2N2O3S/c18-17(19,23)24-14-4-1-3-12(11-14)16(22)21-9-8-13(20-21)6-7-15-5-2-10-25-15/h1-11,23H/b7-6+. The van der Waals surface area contributed by atoms with Gasteiger partial charge in [0.15, 0.2) is 0 Å². The van der Waals surface area contributed by atoms with Crippen LogP contribution in [0.25, 0.3) is 12.2 Å². The van der Waals surface area contributed by atoms with E-state index in [-0.39, 0.29) is 11.3 Å². The Kier molecular flexibility index (Phi) is 4.73. The zero-order valence-corrected chi connectivity index (χ0v) is 13.5. The Bertz CT molecular complexity index is 899. The lowest BCUT2D eigenvalue weighted by atomic mass is 10.2. The van der Waals surface area contributed by atoms with Crippen LogP contribution < -0.4 is 4.74 Å². The lowest BCUT2D eigenvalue weighted by molar-refractivity contribution is -0.327. The quantitative estimate of drug-likeness (QED) is 0.703. The molecule has 0 aliphatic carbocycles. The molecule has 5 nitrogen and oxygen atoms in total. The molecule has 0 atom stereocenters. The first-order chi connectivity index (χ1) is 11.9. The summed E-state index contributed by atoms with van der Waals surface area (Å²) in [5.41, 5.74) is 0.676. The molecule has 0 saturated heterocycles. The molecule has 0 radical (unpaired) electrons. The third-order valence-corrected chi connectivity index (χ3v) is 3.94. The van der Waals surface area contributed by atoms with E-state index >= 15 is 0 Å². The first-order valence-corrected chi connectivity index (χ1v) is 8.00. The highest BCUT2D eigenvalue weighted by atomic mass is 32.1. The molecule has 0 bridgehead atoms. The van der Waals surface area contributed by atoms with Gasteiger partial charge in [0.2, 0.25) is 0 Å². The van der Waals surface area contributed by atoms with Crippen molar-refractivity contribution in [2.45, 2.75) is 6.29 Å². The minimum atomic E-state index is -4.31. The predicted octanol–water partition coefficient (Wildman–Crippen LogP) is 3.72. The number of rotatable bonds is 5. The largest absolute Gasteiger partial charge is 0.532 e. The normalized spacial score (nSPS) is 11.8. The van der Waals surface area contributed by atoms with Crippen molar-refractivity contribution in [2.24, 2.45) is 0 Å². The Hall–Kier alpha value is -2.84. The van der Waals surface area contributed by atoms with E-state index in [9.17, 15) is 13.6 Å². The van der Waals surface area contributed by atoms with E-state index in [2.05, 4.69) is 9.84 Å². The van der Waals surface area contributed by atoms with E-state index in [0.717, 1.165) is 15.6 Å². The summed E-state index contributed by atoms with van der Waals surface area (Å²) in [5, 5.41) is 14.5. The molecule has 2 heterocycles. The van der Waals surface area contributed by atoms with Gasteiger partial charge in [0.25, 0.3) is 5.91 Å². The second-order valence-electron chi connectivity index (χ2n) is 4.96. The van der Waals surface area contributed by atoms with Gasteiger partial charge in [-0.1, -0.05) is 12.1 Å². The highest BCUT2D eigenvalue weighted by Crippen LogP contribution is 2.21. The number of alkyl halides is 2. The molecule has 0 unspecified atom stereocenters. The number of carbonyl (C=O) groups is 1. The minimum absolute atomic E-state index is 0.0960. The van der Waals surface area contributed by atoms with E-state index in [0.29, 0.717) is 5.69 Å². The Morgan fingerprint density at radius 3 is 2.80 bits per heavy atom. The van der Waals surface area contributed by atoms with Crippen molar-refractivity contribution in [1.82, 2.24) is 9.78 Å². The Morgan fingerprint density at radius 1 is 1.24 bits per heavy atom. The summed E-state index contributed by atoms with van der Waals surface area (Å²) >= 11 is 1.57. The van der Waals surface area contributed by atoms with Crippen molar-refractivity contribution in [1.29, 1.82) is 0 Å². The van der Waals surface area contributed by atoms with Crippen LogP contribution in [0.15, 0.2) is 54.0 Å². The lowest BCUT2D eigenvalue weighted by Crippen LogP contribution is -2.23. The molecule has 8 heteroatoms. The van der Waals surface area contributed by atoms with E-state index in [1.807, 2.05) is 23.6 Å². The number of ether oxygens (including phenoxy) is 1. The van der Waals surface area contributed by atoms with Crippen LogP contribution in [0.2, 0.25) is 0 Å². The summed E-state index contributed by atoms with van der Waals surface area (Å²) in [4.78, 5) is 13.4. The summed E-state index contributed by atoms with van der Waals surface area (Å²) in [5.74, 6) is -0.842. The minimum Gasteiger partial charge on any atom is -0.410 e. The second-order valence-corrected chi connectivity index (χ2v) is 5.93. The van der Waals surface area contributed by atoms with Gasteiger partial charge in [-0.25, -0.2) is 4.68 Å². The van der Waals surface area contributed by atoms with Crippen LogP contribution >= 0.6 is 11.3 Å². The van der Waals surface area contributed by atoms with Gasteiger partial charge in [-0.15, -0.1) is 20.1 Å². The molecule has 3 aromatic rings. The van der Waals surface area contributed by atoms with Crippen molar-refractivity contribution < 1.29 is 23.4 Å².